The summed E-state index contributed by atoms with van der Waals surface area (Å²) in [5.41, 5.74) is -0.490. The van der Waals surface area contributed by atoms with E-state index in [-0.39, 0.29) is 11.5 Å². The van der Waals surface area contributed by atoms with Gasteiger partial charge in [-0.3, -0.25) is 0 Å². The van der Waals surface area contributed by atoms with E-state index in [9.17, 15) is 17.1 Å². The van der Waals surface area contributed by atoms with Crippen LogP contribution in [0.4, 0.5) is 3.89 Å². The van der Waals surface area contributed by atoms with E-state index in [1.807, 2.05) is 0 Å². The number of methoxy groups -OCH3 is 3. The molecule has 0 N–H and O–H groups in total. The smallest absolute Gasteiger partial charge is 0.339 e. The second-order valence-electron chi connectivity index (χ2n) is 3.14. The number of rotatable bonds is 4. The zero-order valence-corrected chi connectivity index (χ0v) is 10.7. The van der Waals surface area contributed by atoms with E-state index in [0.717, 1.165) is 26.4 Å². The Morgan fingerprint density at radius 2 is 1.78 bits per heavy atom. The molecule has 0 bridgehead atoms. The molecule has 0 heterocycles. The van der Waals surface area contributed by atoms with Gasteiger partial charge in [0.25, 0.3) is 0 Å². The number of carbonyl (C=O) groups is 1. The van der Waals surface area contributed by atoms with E-state index in [2.05, 4.69) is 4.74 Å². The molecule has 100 valence electrons. The molecule has 0 spiro atoms. The number of hydrogen-bond acceptors (Lipinski definition) is 6. The minimum absolute atomic E-state index is 0.139. The van der Waals surface area contributed by atoms with Crippen LogP contribution >= 0.6 is 0 Å². The maximum atomic E-state index is 13.2. The van der Waals surface area contributed by atoms with E-state index >= 15 is 0 Å². The second kappa shape index (κ2) is 5.21. The van der Waals surface area contributed by atoms with Crippen molar-refractivity contribution in [2.24, 2.45) is 0 Å². The standard InChI is InChI=1S/C10H11FO6S/c1-15-6-4-7(10(12)17-3)9(18(11,13)14)8(5-6)16-2/h4-5H,1-3H3. The lowest BCUT2D eigenvalue weighted by molar-refractivity contribution is 0.0595. The first kappa shape index (κ1) is 14.2. The third-order valence-electron chi connectivity index (χ3n) is 2.13. The van der Waals surface area contributed by atoms with Crippen LogP contribution in [0.1, 0.15) is 10.4 Å². The highest BCUT2D eigenvalue weighted by Gasteiger charge is 2.28. The molecular formula is C10H11FO6S. The number of halogens is 1. The average Bonchev–Trinajstić information content (AvgIpc) is 2.34. The number of esters is 1. The van der Waals surface area contributed by atoms with Crippen LogP contribution in [0.5, 0.6) is 11.5 Å². The molecule has 8 heteroatoms. The van der Waals surface area contributed by atoms with Gasteiger partial charge >= 0.3 is 16.2 Å². The molecule has 1 rings (SSSR count). The van der Waals surface area contributed by atoms with Crippen molar-refractivity contribution in [3.63, 3.8) is 0 Å². The van der Waals surface area contributed by atoms with E-state index < -0.39 is 26.7 Å². The Morgan fingerprint density at radius 3 is 2.17 bits per heavy atom. The minimum atomic E-state index is -5.14. The normalized spacial score (nSPS) is 10.9. The molecule has 6 nitrogen and oxygen atoms in total. The van der Waals surface area contributed by atoms with Gasteiger partial charge in [0, 0.05) is 6.07 Å². The summed E-state index contributed by atoms with van der Waals surface area (Å²) in [4.78, 5) is 10.6. The van der Waals surface area contributed by atoms with Gasteiger partial charge in [-0.25, -0.2) is 4.79 Å². The molecular weight excluding hydrogens is 267 g/mol. The first-order chi connectivity index (χ1) is 8.35. The molecule has 1 aromatic rings. The van der Waals surface area contributed by atoms with Crippen molar-refractivity contribution in [3.8, 4) is 11.5 Å². The van der Waals surface area contributed by atoms with Gasteiger partial charge in [-0.1, -0.05) is 0 Å². The predicted octanol–water partition coefficient (Wildman–Crippen LogP) is 1.15. The zero-order valence-electron chi connectivity index (χ0n) is 9.89. The summed E-state index contributed by atoms with van der Waals surface area (Å²) >= 11 is 0. The van der Waals surface area contributed by atoms with Crippen LogP contribution in [0.15, 0.2) is 17.0 Å². The average molecular weight is 278 g/mol. The Morgan fingerprint density at radius 1 is 1.17 bits per heavy atom. The quantitative estimate of drug-likeness (QED) is 0.607. The van der Waals surface area contributed by atoms with Crippen LogP contribution in [-0.2, 0) is 15.0 Å². The third kappa shape index (κ3) is 2.70. The number of ether oxygens (including phenoxy) is 3. The molecule has 0 aliphatic rings. The maximum Gasteiger partial charge on any atom is 0.339 e. The molecule has 0 fully saturated rings. The predicted molar refractivity (Wildman–Crippen MR) is 59.2 cm³/mol. The molecule has 0 unspecified atom stereocenters. The summed E-state index contributed by atoms with van der Waals surface area (Å²) < 4.78 is 49.3. The van der Waals surface area contributed by atoms with E-state index in [1.165, 1.54) is 7.11 Å². The van der Waals surface area contributed by atoms with Crippen molar-refractivity contribution >= 4 is 16.2 Å². The van der Waals surface area contributed by atoms with Crippen molar-refractivity contribution in [1.82, 2.24) is 0 Å². The van der Waals surface area contributed by atoms with E-state index in [4.69, 9.17) is 9.47 Å². The summed E-state index contributed by atoms with van der Waals surface area (Å²) in [7, 11) is -1.64. The highest BCUT2D eigenvalue weighted by atomic mass is 32.3. The molecule has 0 saturated carbocycles. The molecule has 0 aliphatic carbocycles. The van der Waals surface area contributed by atoms with E-state index in [1.54, 1.807) is 0 Å². The Bertz CT molecular complexity index is 566. The fourth-order valence-electron chi connectivity index (χ4n) is 1.36. The SMILES string of the molecule is COC(=O)c1cc(OC)cc(OC)c1S(=O)(=O)F. The summed E-state index contributed by atoms with van der Waals surface area (Å²) in [5, 5.41) is 0. The van der Waals surface area contributed by atoms with Gasteiger partial charge in [0.2, 0.25) is 0 Å². The Hall–Kier alpha value is -1.83. The lowest BCUT2D eigenvalue weighted by Gasteiger charge is -2.11. The Labute approximate surface area is 103 Å². The Balaban J connectivity index is 3.69. The highest BCUT2D eigenvalue weighted by molar-refractivity contribution is 7.86. The molecule has 0 aromatic heterocycles. The van der Waals surface area contributed by atoms with Crippen LogP contribution in [0.3, 0.4) is 0 Å². The maximum absolute atomic E-state index is 13.2. The molecule has 18 heavy (non-hydrogen) atoms. The fraction of sp³-hybridized carbons (Fsp3) is 0.300. The summed E-state index contributed by atoms with van der Waals surface area (Å²) in [5.74, 6) is -1.21. The van der Waals surface area contributed by atoms with Crippen LogP contribution in [0.25, 0.3) is 0 Å². The summed E-state index contributed by atoms with van der Waals surface area (Å²) in [6.07, 6.45) is 0. The van der Waals surface area contributed by atoms with Crippen LogP contribution < -0.4 is 9.47 Å². The zero-order chi connectivity index (χ0) is 13.9. The van der Waals surface area contributed by atoms with Gasteiger partial charge < -0.3 is 14.2 Å². The molecule has 1 aromatic carbocycles. The van der Waals surface area contributed by atoms with Crippen molar-refractivity contribution in [2.45, 2.75) is 4.90 Å². The third-order valence-corrected chi connectivity index (χ3v) is 3.04. The van der Waals surface area contributed by atoms with Gasteiger partial charge in [-0.15, -0.1) is 3.89 Å². The van der Waals surface area contributed by atoms with Crippen molar-refractivity contribution in [3.05, 3.63) is 17.7 Å². The minimum Gasteiger partial charge on any atom is -0.497 e. The molecule has 0 amide bonds. The fourth-order valence-corrected chi connectivity index (χ4v) is 2.15. The van der Waals surface area contributed by atoms with Gasteiger partial charge in [0.15, 0.2) is 4.90 Å². The van der Waals surface area contributed by atoms with Gasteiger partial charge in [-0.2, -0.15) is 8.42 Å². The molecule has 0 aliphatic heterocycles. The van der Waals surface area contributed by atoms with Crippen LogP contribution in [-0.4, -0.2) is 35.7 Å². The molecule has 0 atom stereocenters. The van der Waals surface area contributed by atoms with Crippen LogP contribution in [0, 0.1) is 0 Å². The van der Waals surface area contributed by atoms with Gasteiger partial charge in [0.05, 0.1) is 26.9 Å². The number of benzene rings is 1. The lowest BCUT2D eigenvalue weighted by atomic mass is 10.2. The molecule has 0 radical (unpaired) electrons. The first-order valence-electron chi connectivity index (χ1n) is 4.64. The first-order valence-corrected chi connectivity index (χ1v) is 6.02. The summed E-state index contributed by atoms with van der Waals surface area (Å²) in [6, 6.07) is 2.21. The van der Waals surface area contributed by atoms with Crippen molar-refractivity contribution < 1.29 is 31.3 Å². The van der Waals surface area contributed by atoms with Crippen molar-refractivity contribution in [1.29, 1.82) is 0 Å². The lowest BCUT2D eigenvalue weighted by Crippen LogP contribution is -2.10. The molecule has 0 saturated heterocycles. The number of hydrogen-bond donors (Lipinski definition) is 0. The summed E-state index contributed by atoms with van der Waals surface area (Å²) in [6.45, 7) is 0. The monoisotopic (exact) mass is 278 g/mol. The van der Waals surface area contributed by atoms with Crippen LogP contribution in [0.2, 0.25) is 0 Å². The Kier molecular flexibility index (Phi) is 4.12. The van der Waals surface area contributed by atoms with Gasteiger partial charge in [0.1, 0.15) is 11.5 Å². The van der Waals surface area contributed by atoms with Crippen molar-refractivity contribution in [2.75, 3.05) is 21.3 Å². The topological polar surface area (TPSA) is 78.9 Å². The largest absolute Gasteiger partial charge is 0.497 e. The van der Waals surface area contributed by atoms with E-state index in [0.29, 0.717) is 0 Å². The number of carbonyl (C=O) groups excluding carboxylic acids is 1. The van der Waals surface area contributed by atoms with Gasteiger partial charge in [-0.05, 0) is 6.07 Å². The second-order valence-corrected chi connectivity index (χ2v) is 4.42. The highest BCUT2D eigenvalue weighted by Crippen LogP contribution is 2.34.